The highest BCUT2D eigenvalue weighted by atomic mass is 35.5. The third kappa shape index (κ3) is 5.27. The monoisotopic (exact) mass is 452 g/mol. The van der Waals surface area contributed by atoms with E-state index in [9.17, 15) is 4.79 Å². The van der Waals surface area contributed by atoms with Gasteiger partial charge in [-0.1, -0.05) is 11.6 Å². The number of hydrogen-bond acceptors (Lipinski definition) is 7. The van der Waals surface area contributed by atoms with Gasteiger partial charge in [-0.25, -0.2) is 14.8 Å². The first-order valence-electron chi connectivity index (χ1n) is 9.49. The van der Waals surface area contributed by atoms with Crippen molar-refractivity contribution in [2.45, 2.75) is 4.90 Å². The molecule has 0 bridgehead atoms. The molecular formula is C20H18BClN6O2S. The summed E-state index contributed by atoms with van der Waals surface area (Å²) in [5.41, 5.74) is 2.29. The molecule has 1 aliphatic rings. The lowest BCUT2D eigenvalue weighted by Crippen LogP contribution is -2.37. The molecule has 1 aliphatic heterocycles. The van der Waals surface area contributed by atoms with Crippen LogP contribution >= 0.6 is 24.2 Å². The number of morpholine rings is 1. The molecule has 2 amide bonds. The van der Waals surface area contributed by atoms with Gasteiger partial charge in [-0.15, -0.1) is 12.6 Å². The number of carbonyl (C=O) groups is 1. The normalized spacial score (nSPS) is 13.7. The lowest BCUT2D eigenvalue weighted by molar-refractivity contribution is 0.122. The number of ether oxygens (including phenoxy) is 1. The van der Waals surface area contributed by atoms with E-state index in [2.05, 4.69) is 43.1 Å². The van der Waals surface area contributed by atoms with Gasteiger partial charge in [0, 0.05) is 30.5 Å². The van der Waals surface area contributed by atoms with E-state index >= 15 is 0 Å². The van der Waals surface area contributed by atoms with Crippen molar-refractivity contribution < 1.29 is 9.53 Å². The first-order chi connectivity index (χ1) is 15.0. The molecule has 3 heterocycles. The number of benzene rings is 1. The van der Waals surface area contributed by atoms with Crippen LogP contribution in [0, 0.1) is 0 Å². The van der Waals surface area contributed by atoms with Gasteiger partial charge in [-0.2, -0.15) is 0 Å². The number of carbonyl (C=O) groups excluding carboxylic acids is 1. The van der Waals surface area contributed by atoms with E-state index < -0.39 is 6.03 Å². The van der Waals surface area contributed by atoms with Gasteiger partial charge in [-0.05, 0) is 42.0 Å². The number of halogens is 1. The average Bonchev–Trinajstić information content (AvgIpc) is 2.78. The highest BCUT2D eigenvalue weighted by molar-refractivity contribution is 7.80. The van der Waals surface area contributed by atoms with Gasteiger partial charge in [-0.3, -0.25) is 4.98 Å². The van der Waals surface area contributed by atoms with Crippen molar-refractivity contribution in [3.05, 3.63) is 47.7 Å². The van der Waals surface area contributed by atoms with Crippen LogP contribution in [0.4, 0.5) is 22.0 Å². The number of thiol groups is 1. The van der Waals surface area contributed by atoms with Crippen LogP contribution in [0.15, 0.2) is 47.5 Å². The number of aromatic nitrogens is 3. The highest BCUT2D eigenvalue weighted by Gasteiger charge is 2.19. The molecule has 1 saturated heterocycles. The molecule has 8 nitrogen and oxygen atoms in total. The predicted molar refractivity (Wildman–Crippen MR) is 125 cm³/mol. The fraction of sp³-hybridized carbons (Fsp3) is 0.200. The van der Waals surface area contributed by atoms with Gasteiger partial charge in [0.15, 0.2) is 5.82 Å². The van der Waals surface area contributed by atoms with Crippen LogP contribution < -0.4 is 21.1 Å². The summed E-state index contributed by atoms with van der Waals surface area (Å²) in [6.07, 6.45) is 1.48. The molecule has 3 aromatic rings. The van der Waals surface area contributed by atoms with Crippen LogP contribution in [-0.2, 0) is 4.74 Å². The van der Waals surface area contributed by atoms with E-state index in [1.54, 1.807) is 24.3 Å². The molecule has 31 heavy (non-hydrogen) atoms. The zero-order valence-electron chi connectivity index (χ0n) is 16.4. The number of pyridine rings is 1. The largest absolute Gasteiger partial charge is 0.378 e. The summed E-state index contributed by atoms with van der Waals surface area (Å²) in [7, 11) is 5.54. The smallest absolute Gasteiger partial charge is 0.323 e. The summed E-state index contributed by atoms with van der Waals surface area (Å²) in [5.74, 6) is 1.16. The van der Waals surface area contributed by atoms with Gasteiger partial charge in [0.1, 0.15) is 18.8 Å². The van der Waals surface area contributed by atoms with Gasteiger partial charge >= 0.3 is 6.03 Å². The Hall–Kier alpha value is -2.82. The van der Waals surface area contributed by atoms with Gasteiger partial charge in [0.05, 0.1) is 23.8 Å². The van der Waals surface area contributed by atoms with Crippen LogP contribution in [0.3, 0.4) is 0 Å². The minimum atomic E-state index is -0.396. The van der Waals surface area contributed by atoms with Gasteiger partial charge in [0.25, 0.3) is 0 Å². The Morgan fingerprint density at radius 2 is 1.74 bits per heavy atom. The Kier molecular flexibility index (Phi) is 6.60. The van der Waals surface area contributed by atoms with Crippen LogP contribution in [0.25, 0.3) is 11.4 Å². The maximum Gasteiger partial charge on any atom is 0.323 e. The first kappa shape index (κ1) is 21.4. The summed E-state index contributed by atoms with van der Waals surface area (Å²) in [6, 6.07) is 10.0. The Morgan fingerprint density at radius 1 is 1.06 bits per heavy atom. The zero-order valence-corrected chi connectivity index (χ0v) is 18.0. The predicted octanol–water partition coefficient (Wildman–Crippen LogP) is 2.76. The number of hydrogen-bond donors (Lipinski definition) is 3. The highest BCUT2D eigenvalue weighted by Crippen LogP contribution is 2.31. The van der Waals surface area contributed by atoms with Gasteiger partial charge < -0.3 is 20.3 Å². The Balaban J connectivity index is 1.48. The van der Waals surface area contributed by atoms with Crippen molar-refractivity contribution in [3.63, 3.8) is 0 Å². The maximum atomic E-state index is 12.2. The standard InChI is InChI=1S/C20H18BClN6O2S/c21-15-6-5-14(11-23-15)25-20(29)24-13-3-1-12(2-4-13)18-26-17(22)16(31)19(27-18)28-7-9-30-10-8-28/h1-6,11,31H,7-10H2,(H2,24,25,29). The fourth-order valence-corrected chi connectivity index (χ4v) is 3.42. The Bertz CT molecular complexity index is 1080. The molecule has 2 aromatic heterocycles. The van der Waals surface area contributed by atoms with Crippen LogP contribution in [0.1, 0.15) is 0 Å². The molecular weight excluding hydrogens is 435 g/mol. The third-order valence-electron chi connectivity index (χ3n) is 4.58. The first-order valence-corrected chi connectivity index (χ1v) is 10.3. The molecule has 1 aromatic carbocycles. The van der Waals surface area contributed by atoms with Crippen LogP contribution in [0.5, 0.6) is 0 Å². The van der Waals surface area contributed by atoms with E-state index in [4.69, 9.17) is 24.2 Å². The molecule has 1 fully saturated rings. The minimum Gasteiger partial charge on any atom is -0.378 e. The van der Waals surface area contributed by atoms with E-state index in [-0.39, 0.29) is 5.15 Å². The summed E-state index contributed by atoms with van der Waals surface area (Å²) in [6.45, 7) is 2.67. The second kappa shape index (κ2) is 9.55. The number of nitrogens with one attached hydrogen (secondary N) is 2. The summed E-state index contributed by atoms with van der Waals surface area (Å²) < 4.78 is 5.40. The van der Waals surface area contributed by atoms with E-state index in [0.717, 1.165) is 5.56 Å². The third-order valence-corrected chi connectivity index (χ3v) is 5.40. The van der Waals surface area contributed by atoms with Crippen molar-refractivity contribution in [2.75, 3.05) is 41.8 Å². The molecule has 156 valence electrons. The SMILES string of the molecule is [B]c1ccc(NC(=O)Nc2ccc(-c3nc(Cl)c(S)c(N4CCOCC4)n3)cc2)cn1. The van der Waals surface area contributed by atoms with Crippen LogP contribution in [0.2, 0.25) is 5.15 Å². The Morgan fingerprint density at radius 3 is 2.42 bits per heavy atom. The lowest BCUT2D eigenvalue weighted by atomic mass is 10.0. The summed E-state index contributed by atoms with van der Waals surface area (Å²) in [5, 5.41) is 5.73. The van der Waals surface area contributed by atoms with Crippen LogP contribution in [-0.4, -0.2) is 55.1 Å². The maximum absolute atomic E-state index is 12.2. The van der Waals surface area contributed by atoms with Crippen molar-refractivity contribution in [1.82, 2.24) is 15.0 Å². The molecule has 2 N–H and O–H groups in total. The topological polar surface area (TPSA) is 92.3 Å². The van der Waals surface area contributed by atoms with E-state index in [1.165, 1.54) is 6.20 Å². The molecule has 11 heteroatoms. The Labute approximate surface area is 191 Å². The number of amides is 2. The lowest BCUT2D eigenvalue weighted by Gasteiger charge is -2.29. The molecule has 0 saturated carbocycles. The summed E-state index contributed by atoms with van der Waals surface area (Å²) >= 11 is 10.8. The second-order valence-corrected chi connectivity index (χ2v) is 7.54. The van der Waals surface area contributed by atoms with Gasteiger partial charge in [0.2, 0.25) is 0 Å². The van der Waals surface area contributed by atoms with Crippen molar-refractivity contribution >= 4 is 60.9 Å². The van der Waals surface area contributed by atoms with Crippen molar-refractivity contribution in [2.24, 2.45) is 0 Å². The molecule has 0 aliphatic carbocycles. The second-order valence-electron chi connectivity index (χ2n) is 6.74. The number of nitrogens with zero attached hydrogens (tertiary/aromatic N) is 4. The number of rotatable bonds is 4. The van der Waals surface area contributed by atoms with E-state index in [1.807, 2.05) is 12.1 Å². The number of anilines is 3. The zero-order chi connectivity index (χ0) is 21.8. The molecule has 0 unspecified atom stereocenters. The van der Waals surface area contributed by atoms with Crippen molar-refractivity contribution in [3.8, 4) is 11.4 Å². The fourth-order valence-electron chi connectivity index (χ4n) is 3.02. The van der Waals surface area contributed by atoms with E-state index in [0.29, 0.717) is 59.8 Å². The molecule has 4 rings (SSSR count). The average molecular weight is 453 g/mol. The number of urea groups is 1. The molecule has 0 atom stereocenters. The van der Waals surface area contributed by atoms with Crippen molar-refractivity contribution in [1.29, 1.82) is 0 Å². The summed E-state index contributed by atoms with van der Waals surface area (Å²) in [4.78, 5) is 27.7. The minimum absolute atomic E-state index is 0.286. The molecule has 2 radical (unpaired) electrons. The molecule has 0 spiro atoms. The quantitative estimate of drug-likeness (QED) is 0.320.